The zero-order chi connectivity index (χ0) is 10.8. The van der Waals surface area contributed by atoms with Crippen LogP contribution in [0.5, 0.6) is 0 Å². The zero-order valence-electron chi connectivity index (χ0n) is 10.9. The van der Waals surface area contributed by atoms with Crippen molar-refractivity contribution in [1.29, 1.82) is 0 Å². The highest BCUT2D eigenvalue weighted by molar-refractivity contribution is 5.86. The molecular weight excluding hydrogens is 305 g/mol. The molecule has 0 saturated carbocycles. The molecule has 1 unspecified atom stereocenters. The van der Waals surface area contributed by atoms with E-state index in [-0.39, 0.29) is 37.2 Å². The quantitative estimate of drug-likeness (QED) is 0.860. The van der Waals surface area contributed by atoms with E-state index in [1.165, 1.54) is 51.1 Å². The van der Waals surface area contributed by atoms with Crippen LogP contribution < -0.4 is 10.2 Å². The van der Waals surface area contributed by atoms with Crippen molar-refractivity contribution in [2.24, 2.45) is 5.41 Å². The maximum atomic E-state index is 4.09. The summed E-state index contributed by atoms with van der Waals surface area (Å²) in [4.78, 5) is 6.62. The molecule has 2 aliphatic heterocycles. The van der Waals surface area contributed by atoms with Crippen LogP contribution in [0.1, 0.15) is 19.3 Å². The maximum Gasteiger partial charge on any atom is 0.0397 e. The number of hydrogen-bond donors (Lipinski definition) is 1. The van der Waals surface area contributed by atoms with E-state index in [4.69, 9.17) is 0 Å². The summed E-state index contributed by atoms with van der Waals surface area (Å²) >= 11 is 0. The van der Waals surface area contributed by atoms with Gasteiger partial charge in [-0.05, 0) is 37.9 Å². The van der Waals surface area contributed by atoms with Crippen molar-refractivity contribution in [3.8, 4) is 0 Å². The summed E-state index contributed by atoms with van der Waals surface area (Å²) in [6.45, 7) is 4.81. The maximum absolute atomic E-state index is 4.09. The topological polar surface area (TPSA) is 28.2 Å². The monoisotopic (exact) mass is 325 g/mol. The molecule has 2 fully saturated rings. The van der Waals surface area contributed by atoms with Gasteiger partial charge < -0.3 is 10.2 Å². The number of halogens is 3. The Hall–Kier alpha value is -0.220. The van der Waals surface area contributed by atoms with Gasteiger partial charge in [-0.1, -0.05) is 0 Å². The Labute approximate surface area is 133 Å². The first-order chi connectivity index (χ1) is 7.88. The van der Waals surface area contributed by atoms with E-state index < -0.39 is 0 Å². The molecule has 19 heavy (non-hydrogen) atoms. The summed E-state index contributed by atoms with van der Waals surface area (Å²) in [5.41, 5.74) is 1.88. The van der Waals surface area contributed by atoms with Crippen molar-refractivity contribution >= 4 is 42.9 Å². The lowest BCUT2D eigenvalue weighted by Crippen LogP contribution is -2.44. The standard InChI is InChI=1S/C13H19N3.3ClH/c1-4-13(5-8-15-10-13)11-16(9-1)12-2-6-14-7-3-12;;;/h2-3,6-7,15H,1,4-5,8-11H2;3*1H. The van der Waals surface area contributed by atoms with E-state index in [1.54, 1.807) is 0 Å². The molecule has 0 aliphatic carbocycles. The number of nitrogens with zero attached hydrogens (tertiary/aromatic N) is 2. The zero-order valence-corrected chi connectivity index (χ0v) is 13.3. The molecule has 3 heterocycles. The Morgan fingerprint density at radius 1 is 1.11 bits per heavy atom. The molecule has 3 nitrogen and oxygen atoms in total. The van der Waals surface area contributed by atoms with Gasteiger partial charge in [0.15, 0.2) is 0 Å². The molecule has 2 saturated heterocycles. The highest BCUT2D eigenvalue weighted by Gasteiger charge is 2.37. The Morgan fingerprint density at radius 3 is 2.47 bits per heavy atom. The van der Waals surface area contributed by atoms with Gasteiger partial charge in [0.2, 0.25) is 0 Å². The first-order valence-corrected chi connectivity index (χ1v) is 6.24. The summed E-state index contributed by atoms with van der Waals surface area (Å²) < 4.78 is 0. The van der Waals surface area contributed by atoms with Crippen molar-refractivity contribution in [3.63, 3.8) is 0 Å². The molecule has 110 valence electrons. The molecule has 0 amide bonds. The molecule has 6 heteroatoms. The molecule has 2 aliphatic rings. The fourth-order valence-corrected chi connectivity index (χ4v) is 3.13. The van der Waals surface area contributed by atoms with Gasteiger partial charge in [-0.3, -0.25) is 4.98 Å². The predicted octanol–water partition coefficient (Wildman–Crippen LogP) is 2.93. The normalized spacial score (nSPS) is 25.2. The minimum atomic E-state index is 0. The fraction of sp³-hybridized carbons (Fsp3) is 0.615. The van der Waals surface area contributed by atoms with Crippen LogP contribution in [0.4, 0.5) is 5.69 Å². The van der Waals surface area contributed by atoms with Gasteiger partial charge in [0.25, 0.3) is 0 Å². The average Bonchev–Trinajstić information content (AvgIpc) is 2.78. The molecule has 0 radical (unpaired) electrons. The summed E-state index contributed by atoms with van der Waals surface area (Å²) in [7, 11) is 0. The molecule has 1 N–H and O–H groups in total. The third-order valence-corrected chi connectivity index (χ3v) is 4.02. The Morgan fingerprint density at radius 2 is 1.84 bits per heavy atom. The Balaban J connectivity index is 0.00000108. The van der Waals surface area contributed by atoms with Crippen LogP contribution in [-0.4, -0.2) is 31.2 Å². The van der Waals surface area contributed by atoms with E-state index in [2.05, 4.69) is 27.3 Å². The van der Waals surface area contributed by atoms with E-state index in [0.717, 1.165) is 0 Å². The number of nitrogens with one attached hydrogen (secondary N) is 1. The van der Waals surface area contributed by atoms with Gasteiger partial charge in [-0.2, -0.15) is 0 Å². The number of hydrogen-bond acceptors (Lipinski definition) is 3. The van der Waals surface area contributed by atoms with Gasteiger partial charge in [0, 0.05) is 43.1 Å². The van der Waals surface area contributed by atoms with Crippen molar-refractivity contribution in [1.82, 2.24) is 10.3 Å². The van der Waals surface area contributed by atoms with Crippen LogP contribution in [0.3, 0.4) is 0 Å². The van der Waals surface area contributed by atoms with Crippen LogP contribution in [0.15, 0.2) is 24.5 Å². The third kappa shape index (κ3) is 4.12. The van der Waals surface area contributed by atoms with Crippen LogP contribution in [-0.2, 0) is 0 Å². The molecule has 1 spiro atoms. The minimum Gasteiger partial charge on any atom is -0.371 e. The van der Waals surface area contributed by atoms with Crippen LogP contribution in [0.25, 0.3) is 0 Å². The largest absolute Gasteiger partial charge is 0.371 e. The Kier molecular flexibility index (Phi) is 8.06. The van der Waals surface area contributed by atoms with E-state index >= 15 is 0 Å². The molecule has 3 rings (SSSR count). The minimum absolute atomic E-state index is 0. The van der Waals surface area contributed by atoms with Crippen molar-refractivity contribution < 1.29 is 0 Å². The molecule has 1 aromatic heterocycles. The lowest BCUT2D eigenvalue weighted by Gasteiger charge is -2.41. The summed E-state index contributed by atoms with van der Waals surface area (Å²) in [6.07, 6.45) is 7.84. The molecule has 1 aromatic rings. The summed E-state index contributed by atoms with van der Waals surface area (Å²) in [5, 5.41) is 3.52. The first-order valence-electron chi connectivity index (χ1n) is 6.24. The SMILES string of the molecule is Cl.Cl.Cl.c1cc(N2CCCC3(CCNC3)C2)ccn1. The number of rotatable bonds is 1. The van der Waals surface area contributed by atoms with E-state index in [9.17, 15) is 0 Å². The molecule has 1 atom stereocenters. The smallest absolute Gasteiger partial charge is 0.0397 e. The highest BCUT2D eigenvalue weighted by Crippen LogP contribution is 2.36. The average molecular weight is 327 g/mol. The van der Waals surface area contributed by atoms with Gasteiger partial charge >= 0.3 is 0 Å². The van der Waals surface area contributed by atoms with Gasteiger partial charge in [0.1, 0.15) is 0 Å². The van der Waals surface area contributed by atoms with Crippen LogP contribution in [0.2, 0.25) is 0 Å². The predicted molar refractivity (Wildman–Crippen MR) is 87.3 cm³/mol. The van der Waals surface area contributed by atoms with Gasteiger partial charge in [0.05, 0.1) is 0 Å². The van der Waals surface area contributed by atoms with Crippen molar-refractivity contribution in [3.05, 3.63) is 24.5 Å². The lowest BCUT2D eigenvalue weighted by atomic mass is 9.79. The van der Waals surface area contributed by atoms with E-state index in [1.807, 2.05) is 12.4 Å². The van der Waals surface area contributed by atoms with Crippen LogP contribution in [0, 0.1) is 5.41 Å². The number of pyridine rings is 1. The van der Waals surface area contributed by atoms with Crippen LogP contribution >= 0.6 is 37.2 Å². The third-order valence-electron chi connectivity index (χ3n) is 4.02. The first kappa shape index (κ1) is 18.8. The van der Waals surface area contributed by atoms with Gasteiger partial charge in [-0.25, -0.2) is 0 Å². The summed E-state index contributed by atoms with van der Waals surface area (Å²) in [5.74, 6) is 0. The van der Waals surface area contributed by atoms with Gasteiger partial charge in [-0.15, -0.1) is 37.2 Å². The highest BCUT2D eigenvalue weighted by atomic mass is 35.5. The Bertz CT molecular complexity index is 355. The second-order valence-electron chi connectivity index (χ2n) is 5.16. The van der Waals surface area contributed by atoms with E-state index in [0.29, 0.717) is 5.41 Å². The number of anilines is 1. The van der Waals surface area contributed by atoms with Crippen molar-refractivity contribution in [2.45, 2.75) is 19.3 Å². The second kappa shape index (κ2) is 8.15. The number of piperidine rings is 1. The van der Waals surface area contributed by atoms with Crippen molar-refractivity contribution in [2.75, 3.05) is 31.1 Å². The summed E-state index contributed by atoms with van der Waals surface area (Å²) in [6, 6.07) is 4.25. The molecular formula is C13H22Cl3N3. The second-order valence-corrected chi connectivity index (χ2v) is 5.16. The number of aromatic nitrogens is 1. The molecule has 0 bridgehead atoms. The molecule has 0 aromatic carbocycles. The fourth-order valence-electron chi connectivity index (χ4n) is 3.13. The lowest BCUT2D eigenvalue weighted by molar-refractivity contribution is 0.261.